The monoisotopic (exact) mass is 472 g/mol. The molecule has 0 bridgehead atoms. The summed E-state index contributed by atoms with van der Waals surface area (Å²) in [6.07, 6.45) is 3.97. The molecule has 0 spiro atoms. The van der Waals surface area contributed by atoms with E-state index < -0.39 is 0 Å². The first kappa shape index (κ1) is 22.7. The highest BCUT2D eigenvalue weighted by Gasteiger charge is 2.22. The van der Waals surface area contributed by atoms with Crippen molar-refractivity contribution < 1.29 is 4.79 Å². The standard InChI is InChI=1S/C20H32N4O.HI/c1-4-21-20(23(3)16-18-11-6-5-7-12-18)22-14-13-19(25)24-15-9-8-10-17(24)2;/h5-7,11-12,17H,4,8-10,13-16H2,1-3H3,(H,21,22);1H. The van der Waals surface area contributed by atoms with Crippen LogP contribution in [0.5, 0.6) is 0 Å². The average molecular weight is 472 g/mol. The molecule has 1 saturated heterocycles. The highest BCUT2D eigenvalue weighted by atomic mass is 127. The number of aliphatic imine (C=N–C) groups is 1. The number of likely N-dealkylation sites (tertiary alicyclic amines) is 1. The number of halogens is 1. The van der Waals surface area contributed by atoms with Gasteiger partial charge < -0.3 is 15.1 Å². The summed E-state index contributed by atoms with van der Waals surface area (Å²) in [5, 5.41) is 3.32. The molecule has 1 aliphatic heterocycles. The molecule has 1 amide bonds. The molecule has 2 rings (SSSR count). The Balaban J connectivity index is 0.00000338. The van der Waals surface area contributed by atoms with Gasteiger partial charge in [0.2, 0.25) is 5.91 Å². The normalized spacial score (nSPS) is 17.4. The van der Waals surface area contributed by atoms with E-state index in [4.69, 9.17) is 0 Å². The van der Waals surface area contributed by atoms with Crippen molar-refractivity contribution in [3.05, 3.63) is 35.9 Å². The fraction of sp³-hybridized carbons (Fsp3) is 0.600. The molecule has 0 radical (unpaired) electrons. The lowest BCUT2D eigenvalue weighted by atomic mass is 10.0. The van der Waals surface area contributed by atoms with Gasteiger partial charge in [0.15, 0.2) is 5.96 Å². The number of hydrogen-bond donors (Lipinski definition) is 1. The third-order valence-corrected chi connectivity index (χ3v) is 4.67. The molecule has 1 unspecified atom stereocenters. The van der Waals surface area contributed by atoms with Crippen LogP contribution in [0.2, 0.25) is 0 Å². The van der Waals surface area contributed by atoms with E-state index in [1.165, 1.54) is 12.0 Å². The van der Waals surface area contributed by atoms with Gasteiger partial charge in [-0.2, -0.15) is 0 Å². The summed E-state index contributed by atoms with van der Waals surface area (Å²) in [5.41, 5.74) is 1.24. The van der Waals surface area contributed by atoms with E-state index >= 15 is 0 Å². The van der Waals surface area contributed by atoms with Gasteiger partial charge in [0, 0.05) is 39.1 Å². The summed E-state index contributed by atoms with van der Waals surface area (Å²) in [4.78, 5) is 21.2. The second-order valence-corrected chi connectivity index (χ2v) is 6.76. The van der Waals surface area contributed by atoms with Crippen LogP contribution in [0.15, 0.2) is 35.3 Å². The summed E-state index contributed by atoms with van der Waals surface area (Å²) < 4.78 is 0. The molecule has 0 aliphatic carbocycles. The lowest BCUT2D eigenvalue weighted by Crippen LogP contribution is -2.42. The predicted octanol–water partition coefficient (Wildman–Crippen LogP) is 3.49. The van der Waals surface area contributed by atoms with Crippen LogP contribution >= 0.6 is 24.0 Å². The minimum Gasteiger partial charge on any atom is -0.357 e. The molecule has 146 valence electrons. The molecule has 1 heterocycles. The first-order chi connectivity index (χ1) is 12.1. The van der Waals surface area contributed by atoms with Crippen LogP contribution in [0.25, 0.3) is 0 Å². The Morgan fingerprint density at radius 2 is 2.04 bits per heavy atom. The van der Waals surface area contributed by atoms with E-state index in [-0.39, 0.29) is 29.9 Å². The van der Waals surface area contributed by atoms with E-state index in [0.717, 1.165) is 38.4 Å². The van der Waals surface area contributed by atoms with Crippen LogP contribution < -0.4 is 5.32 Å². The Kier molecular flexibility index (Phi) is 10.6. The van der Waals surface area contributed by atoms with E-state index in [2.05, 4.69) is 41.2 Å². The molecule has 26 heavy (non-hydrogen) atoms. The molecular weight excluding hydrogens is 439 g/mol. The largest absolute Gasteiger partial charge is 0.357 e. The summed E-state index contributed by atoms with van der Waals surface area (Å²) in [6, 6.07) is 10.7. The van der Waals surface area contributed by atoms with Crippen molar-refractivity contribution in [2.24, 2.45) is 4.99 Å². The lowest BCUT2D eigenvalue weighted by Gasteiger charge is -2.33. The number of nitrogens with one attached hydrogen (secondary N) is 1. The number of benzene rings is 1. The van der Waals surface area contributed by atoms with Gasteiger partial charge in [0.05, 0.1) is 6.54 Å². The molecule has 1 fully saturated rings. The van der Waals surface area contributed by atoms with Gasteiger partial charge in [-0.1, -0.05) is 30.3 Å². The SMILES string of the molecule is CCNC(=NCCC(=O)N1CCCCC1C)N(C)Cc1ccccc1.I. The second-order valence-electron chi connectivity index (χ2n) is 6.76. The Morgan fingerprint density at radius 3 is 2.69 bits per heavy atom. The number of hydrogen-bond acceptors (Lipinski definition) is 2. The van der Waals surface area contributed by atoms with Crippen molar-refractivity contribution in [2.45, 2.75) is 52.1 Å². The minimum atomic E-state index is 0. The smallest absolute Gasteiger partial charge is 0.224 e. The maximum atomic E-state index is 12.4. The van der Waals surface area contributed by atoms with Crippen LogP contribution in [0.3, 0.4) is 0 Å². The molecule has 0 aromatic heterocycles. The Hall–Kier alpha value is -1.31. The highest BCUT2D eigenvalue weighted by Crippen LogP contribution is 2.17. The van der Waals surface area contributed by atoms with E-state index in [9.17, 15) is 4.79 Å². The quantitative estimate of drug-likeness (QED) is 0.392. The number of piperidine rings is 1. The molecule has 1 aromatic rings. The van der Waals surface area contributed by atoms with Crippen LogP contribution in [-0.4, -0.2) is 54.4 Å². The van der Waals surface area contributed by atoms with Crippen LogP contribution in [0.1, 0.15) is 45.1 Å². The van der Waals surface area contributed by atoms with Crippen molar-refractivity contribution in [3.8, 4) is 0 Å². The number of carbonyl (C=O) groups excluding carboxylic acids is 1. The topological polar surface area (TPSA) is 47.9 Å². The molecule has 1 aromatic carbocycles. The Labute approximate surface area is 175 Å². The van der Waals surface area contributed by atoms with Gasteiger partial charge in [0.25, 0.3) is 0 Å². The highest BCUT2D eigenvalue weighted by molar-refractivity contribution is 14.0. The van der Waals surface area contributed by atoms with Crippen molar-refractivity contribution >= 4 is 35.8 Å². The van der Waals surface area contributed by atoms with Gasteiger partial charge in [0.1, 0.15) is 0 Å². The zero-order valence-corrected chi connectivity index (χ0v) is 18.6. The number of guanidine groups is 1. The zero-order valence-electron chi connectivity index (χ0n) is 16.3. The third-order valence-electron chi connectivity index (χ3n) is 4.67. The zero-order chi connectivity index (χ0) is 18.1. The van der Waals surface area contributed by atoms with Gasteiger partial charge in [-0.05, 0) is 38.7 Å². The first-order valence-electron chi connectivity index (χ1n) is 9.44. The molecule has 1 aliphatic rings. The van der Waals surface area contributed by atoms with Crippen LogP contribution in [-0.2, 0) is 11.3 Å². The second kappa shape index (κ2) is 12.1. The molecule has 1 atom stereocenters. The van der Waals surface area contributed by atoms with Gasteiger partial charge in [-0.3, -0.25) is 9.79 Å². The molecule has 6 heteroatoms. The van der Waals surface area contributed by atoms with E-state index in [1.54, 1.807) is 0 Å². The molecular formula is C20H33IN4O. The molecule has 1 N–H and O–H groups in total. The summed E-state index contributed by atoms with van der Waals surface area (Å²) in [7, 11) is 2.03. The fourth-order valence-electron chi connectivity index (χ4n) is 3.27. The predicted molar refractivity (Wildman–Crippen MR) is 119 cm³/mol. The number of carbonyl (C=O) groups is 1. The van der Waals surface area contributed by atoms with Gasteiger partial charge in [-0.25, -0.2) is 0 Å². The van der Waals surface area contributed by atoms with Crippen LogP contribution in [0.4, 0.5) is 0 Å². The number of amides is 1. The molecule has 0 saturated carbocycles. The maximum Gasteiger partial charge on any atom is 0.224 e. The van der Waals surface area contributed by atoms with Gasteiger partial charge >= 0.3 is 0 Å². The van der Waals surface area contributed by atoms with Crippen molar-refractivity contribution in [2.75, 3.05) is 26.7 Å². The summed E-state index contributed by atoms with van der Waals surface area (Å²) >= 11 is 0. The Morgan fingerprint density at radius 1 is 1.31 bits per heavy atom. The van der Waals surface area contributed by atoms with Crippen LogP contribution in [0, 0.1) is 0 Å². The first-order valence-corrected chi connectivity index (χ1v) is 9.44. The van der Waals surface area contributed by atoms with Crippen molar-refractivity contribution in [1.82, 2.24) is 15.1 Å². The number of rotatable bonds is 6. The van der Waals surface area contributed by atoms with Crippen molar-refractivity contribution in [1.29, 1.82) is 0 Å². The lowest BCUT2D eigenvalue weighted by molar-refractivity contribution is -0.134. The summed E-state index contributed by atoms with van der Waals surface area (Å²) in [5.74, 6) is 1.09. The summed E-state index contributed by atoms with van der Waals surface area (Å²) in [6.45, 7) is 7.25. The number of nitrogens with zero attached hydrogens (tertiary/aromatic N) is 3. The third kappa shape index (κ3) is 7.13. The average Bonchev–Trinajstić information content (AvgIpc) is 2.62. The Bertz CT molecular complexity index is 564. The van der Waals surface area contributed by atoms with E-state index in [0.29, 0.717) is 19.0 Å². The van der Waals surface area contributed by atoms with Crippen molar-refractivity contribution in [3.63, 3.8) is 0 Å². The van der Waals surface area contributed by atoms with E-state index in [1.807, 2.05) is 30.1 Å². The maximum absolute atomic E-state index is 12.4. The fourth-order valence-corrected chi connectivity index (χ4v) is 3.27. The minimum absolute atomic E-state index is 0. The molecule has 5 nitrogen and oxygen atoms in total. The van der Waals surface area contributed by atoms with Gasteiger partial charge in [-0.15, -0.1) is 24.0 Å².